The van der Waals surface area contributed by atoms with Crippen molar-refractivity contribution in [2.24, 2.45) is 0 Å². The lowest BCUT2D eigenvalue weighted by atomic mass is 10.1. The number of pyridine rings is 1. The van der Waals surface area contributed by atoms with Crippen LogP contribution in [-0.2, 0) is 6.54 Å². The minimum absolute atomic E-state index is 0.194. The molecule has 0 aromatic carbocycles. The Labute approximate surface area is 154 Å². The van der Waals surface area contributed by atoms with Crippen molar-refractivity contribution in [3.05, 3.63) is 47.5 Å². The number of hydrogen-bond acceptors (Lipinski definition) is 5. The predicted molar refractivity (Wildman–Crippen MR) is 99.1 cm³/mol. The summed E-state index contributed by atoms with van der Waals surface area (Å²) in [5, 5.41) is 2.88. The molecule has 1 amide bonds. The summed E-state index contributed by atoms with van der Waals surface area (Å²) in [4.78, 5) is 19.0. The SMILES string of the molecule is CCOc1ncccc1CNC(=O)c1ccc([C@@H](C)N2CCCCC2)o1. The molecular formula is C20H27N3O3. The molecule has 1 aliphatic heterocycles. The van der Waals surface area contributed by atoms with Gasteiger partial charge in [0.2, 0.25) is 5.88 Å². The number of carbonyl (C=O) groups is 1. The van der Waals surface area contributed by atoms with Crippen LogP contribution in [0.5, 0.6) is 5.88 Å². The third-order valence-corrected chi connectivity index (χ3v) is 4.77. The zero-order valence-corrected chi connectivity index (χ0v) is 15.5. The molecule has 0 radical (unpaired) electrons. The molecule has 1 N–H and O–H groups in total. The van der Waals surface area contributed by atoms with Crippen molar-refractivity contribution < 1.29 is 13.9 Å². The Bertz CT molecular complexity index is 723. The molecule has 3 rings (SSSR count). The molecule has 1 atom stereocenters. The van der Waals surface area contributed by atoms with Crippen molar-refractivity contribution in [2.75, 3.05) is 19.7 Å². The van der Waals surface area contributed by atoms with Crippen molar-refractivity contribution in [1.29, 1.82) is 0 Å². The predicted octanol–water partition coefficient (Wildman–Crippen LogP) is 3.55. The third-order valence-electron chi connectivity index (χ3n) is 4.77. The summed E-state index contributed by atoms with van der Waals surface area (Å²) >= 11 is 0. The first kappa shape index (κ1) is 18.5. The molecular weight excluding hydrogens is 330 g/mol. The topological polar surface area (TPSA) is 67.6 Å². The average Bonchev–Trinajstić information content (AvgIpc) is 3.18. The second kappa shape index (κ2) is 8.85. The lowest BCUT2D eigenvalue weighted by Crippen LogP contribution is -2.32. The van der Waals surface area contributed by atoms with Crippen molar-refractivity contribution in [1.82, 2.24) is 15.2 Å². The molecule has 0 spiro atoms. The van der Waals surface area contributed by atoms with Gasteiger partial charge in [-0.25, -0.2) is 4.98 Å². The number of ether oxygens (including phenoxy) is 1. The Hall–Kier alpha value is -2.34. The van der Waals surface area contributed by atoms with Gasteiger partial charge in [-0.05, 0) is 58.0 Å². The minimum atomic E-state index is -0.228. The second-order valence-electron chi connectivity index (χ2n) is 6.56. The molecule has 2 aromatic heterocycles. The lowest BCUT2D eigenvalue weighted by molar-refractivity contribution is 0.0913. The standard InChI is InChI=1S/C20H27N3O3/c1-3-25-20-16(8-7-11-21-20)14-22-19(24)18-10-9-17(26-18)15(2)23-12-5-4-6-13-23/h7-11,15H,3-6,12-14H2,1-2H3,(H,22,24)/t15-/m1/s1. The first-order valence-electron chi connectivity index (χ1n) is 9.37. The molecule has 0 aliphatic carbocycles. The highest BCUT2D eigenvalue weighted by Crippen LogP contribution is 2.25. The van der Waals surface area contributed by atoms with E-state index in [1.807, 2.05) is 25.1 Å². The summed E-state index contributed by atoms with van der Waals surface area (Å²) in [5.74, 6) is 1.50. The van der Waals surface area contributed by atoms with Crippen LogP contribution in [0.2, 0.25) is 0 Å². The van der Waals surface area contributed by atoms with Gasteiger partial charge in [0.1, 0.15) is 5.76 Å². The Morgan fingerprint density at radius 2 is 2.12 bits per heavy atom. The lowest BCUT2D eigenvalue weighted by Gasteiger charge is -2.31. The van der Waals surface area contributed by atoms with E-state index in [4.69, 9.17) is 9.15 Å². The maximum absolute atomic E-state index is 12.4. The van der Waals surface area contributed by atoms with Crippen LogP contribution in [0.1, 0.15) is 61.0 Å². The van der Waals surface area contributed by atoms with Crippen molar-refractivity contribution in [3.63, 3.8) is 0 Å². The quantitative estimate of drug-likeness (QED) is 0.821. The smallest absolute Gasteiger partial charge is 0.287 e. The highest BCUT2D eigenvalue weighted by atomic mass is 16.5. The zero-order valence-electron chi connectivity index (χ0n) is 15.5. The van der Waals surface area contributed by atoms with Crippen LogP contribution >= 0.6 is 0 Å². The monoisotopic (exact) mass is 357 g/mol. The van der Waals surface area contributed by atoms with Gasteiger partial charge in [-0.2, -0.15) is 0 Å². The Morgan fingerprint density at radius 1 is 1.31 bits per heavy atom. The molecule has 1 saturated heterocycles. The summed E-state index contributed by atoms with van der Waals surface area (Å²) in [5.41, 5.74) is 0.844. The number of piperidine rings is 1. The molecule has 6 nitrogen and oxygen atoms in total. The summed E-state index contributed by atoms with van der Waals surface area (Å²) in [6, 6.07) is 7.57. The van der Waals surface area contributed by atoms with Gasteiger partial charge in [0.15, 0.2) is 5.76 Å². The average molecular weight is 357 g/mol. The van der Waals surface area contributed by atoms with E-state index in [-0.39, 0.29) is 11.9 Å². The van der Waals surface area contributed by atoms with Gasteiger partial charge < -0.3 is 14.5 Å². The van der Waals surface area contributed by atoms with Crippen molar-refractivity contribution in [2.45, 2.75) is 45.7 Å². The molecule has 1 fully saturated rings. The maximum Gasteiger partial charge on any atom is 0.287 e. The van der Waals surface area contributed by atoms with E-state index in [1.54, 1.807) is 12.3 Å². The van der Waals surface area contributed by atoms with E-state index < -0.39 is 0 Å². The fraction of sp³-hybridized carbons (Fsp3) is 0.500. The molecule has 3 heterocycles. The number of aromatic nitrogens is 1. The normalized spacial score (nSPS) is 16.2. The van der Waals surface area contributed by atoms with Gasteiger partial charge in [0.25, 0.3) is 5.91 Å². The first-order valence-corrected chi connectivity index (χ1v) is 9.37. The number of furan rings is 1. The number of amides is 1. The van der Waals surface area contributed by atoms with E-state index in [1.165, 1.54) is 19.3 Å². The maximum atomic E-state index is 12.4. The summed E-state index contributed by atoms with van der Waals surface area (Å²) in [6.07, 6.45) is 5.43. The fourth-order valence-electron chi connectivity index (χ4n) is 3.27. The van der Waals surface area contributed by atoms with Gasteiger partial charge in [0, 0.05) is 18.3 Å². The van der Waals surface area contributed by atoms with Gasteiger partial charge in [-0.1, -0.05) is 12.5 Å². The van der Waals surface area contributed by atoms with Gasteiger partial charge in [-0.3, -0.25) is 9.69 Å². The van der Waals surface area contributed by atoms with Crippen molar-refractivity contribution in [3.8, 4) is 5.88 Å². The molecule has 2 aromatic rings. The van der Waals surface area contributed by atoms with Crippen LogP contribution < -0.4 is 10.1 Å². The Morgan fingerprint density at radius 3 is 2.88 bits per heavy atom. The molecule has 0 saturated carbocycles. The molecule has 1 aliphatic rings. The number of nitrogens with zero attached hydrogens (tertiary/aromatic N) is 2. The van der Waals surface area contributed by atoms with E-state index in [0.29, 0.717) is 24.8 Å². The molecule has 0 unspecified atom stereocenters. The molecule has 0 bridgehead atoms. The Kier molecular flexibility index (Phi) is 6.28. The van der Waals surface area contributed by atoms with Gasteiger partial charge >= 0.3 is 0 Å². The largest absolute Gasteiger partial charge is 0.478 e. The minimum Gasteiger partial charge on any atom is -0.478 e. The van der Waals surface area contributed by atoms with Gasteiger partial charge in [-0.15, -0.1) is 0 Å². The summed E-state index contributed by atoms with van der Waals surface area (Å²) in [6.45, 7) is 7.10. The number of likely N-dealkylation sites (tertiary alicyclic amines) is 1. The Balaban J connectivity index is 1.60. The second-order valence-corrected chi connectivity index (χ2v) is 6.56. The number of rotatable bonds is 7. The van der Waals surface area contributed by atoms with Crippen LogP contribution in [0.4, 0.5) is 0 Å². The molecule has 6 heteroatoms. The van der Waals surface area contributed by atoms with E-state index >= 15 is 0 Å². The highest BCUT2D eigenvalue weighted by molar-refractivity contribution is 5.91. The third kappa shape index (κ3) is 4.43. The molecule has 140 valence electrons. The highest BCUT2D eigenvalue weighted by Gasteiger charge is 2.22. The number of nitrogens with one attached hydrogen (secondary N) is 1. The van der Waals surface area contributed by atoms with Crippen LogP contribution in [0, 0.1) is 0 Å². The van der Waals surface area contributed by atoms with E-state index in [0.717, 1.165) is 24.4 Å². The van der Waals surface area contributed by atoms with Crippen LogP contribution in [-0.4, -0.2) is 35.5 Å². The first-order chi connectivity index (χ1) is 12.7. The van der Waals surface area contributed by atoms with Crippen LogP contribution in [0.15, 0.2) is 34.9 Å². The van der Waals surface area contributed by atoms with Crippen LogP contribution in [0.3, 0.4) is 0 Å². The van der Waals surface area contributed by atoms with Crippen molar-refractivity contribution >= 4 is 5.91 Å². The van der Waals surface area contributed by atoms with Gasteiger partial charge in [0.05, 0.1) is 12.6 Å². The zero-order chi connectivity index (χ0) is 18.4. The number of hydrogen-bond donors (Lipinski definition) is 1. The fourth-order valence-corrected chi connectivity index (χ4v) is 3.27. The van der Waals surface area contributed by atoms with Crippen LogP contribution in [0.25, 0.3) is 0 Å². The summed E-state index contributed by atoms with van der Waals surface area (Å²) < 4.78 is 11.3. The summed E-state index contributed by atoms with van der Waals surface area (Å²) in [7, 11) is 0. The number of carbonyl (C=O) groups excluding carboxylic acids is 1. The van der Waals surface area contributed by atoms with E-state index in [9.17, 15) is 4.79 Å². The molecule has 26 heavy (non-hydrogen) atoms. The van der Waals surface area contributed by atoms with E-state index in [2.05, 4.69) is 22.1 Å².